The lowest BCUT2D eigenvalue weighted by molar-refractivity contribution is -0.135. The highest BCUT2D eigenvalue weighted by Gasteiger charge is 2.29. The zero-order chi connectivity index (χ0) is 14.5. The van der Waals surface area contributed by atoms with Crippen molar-refractivity contribution >= 4 is 5.91 Å². The van der Waals surface area contributed by atoms with Crippen molar-refractivity contribution in [3.8, 4) is 5.75 Å². The van der Waals surface area contributed by atoms with Crippen LogP contribution in [-0.4, -0.2) is 62.6 Å². The normalized spacial score (nSPS) is 19.6. The van der Waals surface area contributed by atoms with Crippen molar-refractivity contribution in [3.63, 3.8) is 0 Å². The number of ether oxygens (including phenoxy) is 1. The Morgan fingerprint density at radius 2 is 2.10 bits per heavy atom. The van der Waals surface area contributed by atoms with E-state index in [1.54, 1.807) is 12.0 Å². The highest BCUT2D eigenvalue weighted by atomic mass is 16.5. The van der Waals surface area contributed by atoms with E-state index in [0.29, 0.717) is 6.54 Å². The Labute approximate surface area is 120 Å². The number of nitrogens with zero attached hydrogens (tertiary/aromatic N) is 2. The molecule has 0 radical (unpaired) electrons. The fourth-order valence-corrected chi connectivity index (χ4v) is 2.44. The summed E-state index contributed by atoms with van der Waals surface area (Å²) in [6, 6.07) is 7.94. The van der Waals surface area contributed by atoms with E-state index in [1.807, 2.05) is 26.2 Å². The highest BCUT2D eigenvalue weighted by Crippen LogP contribution is 2.15. The topological polar surface area (TPSA) is 44.8 Å². The fourth-order valence-electron chi connectivity index (χ4n) is 2.44. The number of piperazine rings is 1. The molecular formula is C15H23N3O2. The number of methoxy groups -OCH3 is 1. The Hall–Kier alpha value is -1.59. The molecule has 0 spiro atoms. The molecule has 5 heteroatoms. The zero-order valence-electron chi connectivity index (χ0n) is 12.4. The summed E-state index contributed by atoms with van der Waals surface area (Å²) in [4.78, 5) is 16.1. The third-order valence-corrected chi connectivity index (χ3v) is 3.62. The van der Waals surface area contributed by atoms with Crippen molar-refractivity contribution in [2.45, 2.75) is 12.6 Å². The first-order valence-corrected chi connectivity index (χ1v) is 6.90. The Bertz CT molecular complexity index is 445. The van der Waals surface area contributed by atoms with Gasteiger partial charge in [0.1, 0.15) is 11.8 Å². The molecule has 1 heterocycles. The molecular weight excluding hydrogens is 254 g/mol. The van der Waals surface area contributed by atoms with Crippen LogP contribution in [0, 0.1) is 0 Å². The number of hydrogen-bond donors (Lipinski definition) is 1. The van der Waals surface area contributed by atoms with Crippen LogP contribution >= 0.6 is 0 Å². The van der Waals surface area contributed by atoms with Gasteiger partial charge >= 0.3 is 0 Å². The molecule has 1 aromatic carbocycles. The molecule has 1 aliphatic rings. The molecule has 0 saturated carbocycles. The third kappa shape index (κ3) is 3.49. The molecule has 0 aromatic heterocycles. The van der Waals surface area contributed by atoms with Gasteiger partial charge in [0, 0.05) is 40.3 Å². The molecule has 1 atom stereocenters. The smallest absolute Gasteiger partial charge is 0.240 e. The van der Waals surface area contributed by atoms with Crippen molar-refractivity contribution in [2.24, 2.45) is 0 Å². The predicted molar refractivity (Wildman–Crippen MR) is 78.8 cm³/mol. The Morgan fingerprint density at radius 1 is 1.40 bits per heavy atom. The number of likely N-dealkylation sites (N-methyl/N-ethyl adjacent to an activating group) is 1. The van der Waals surface area contributed by atoms with Gasteiger partial charge in [0.05, 0.1) is 7.11 Å². The van der Waals surface area contributed by atoms with E-state index < -0.39 is 0 Å². The summed E-state index contributed by atoms with van der Waals surface area (Å²) in [7, 11) is 5.28. The number of nitrogens with one attached hydrogen (secondary N) is 1. The number of carbonyl (C=O) groups is 1. The standard InChI is InChI=1S/C15H23N3O2/c1-17(2)15(19)14-10-16-8-9-18(14)11-12-4-6-13(20-3)7-5-12/h4-7,14,16H,8-11H2,1-3H3. The maximum atomic E-state index is 12.2. The van der Waals surface area contributed by atoms with Gasteiger partial charge in [0.25, 0.3) is 0 Å². The van der Waals surface area contributed by atoms with Gasteiger partial charge in [-0.15, -0.1) is 0 Å². The molecule has 110 valence electrons. The third-order valence-electron chi connectivity index (χ3n) is 3.62. The van der Waals surface area contributed by atoms with Crippen LogP contribution in [0.15, 0.2) is 24.3 Å². The van der Waals surface area contributed by atoms with Gasteiger partial charge < -0.3 is 15.0 Å². The average Bonchev–Trinajstić information content (AvgIpc) is 2.48. The molecule has 2 rings (SSSR count). The first kappa shape index (κ1) is 14.8. The van der Waals surface area contributed by atoms with E-state index >= 15 is 0 Å². The quantitative estimate of drug-likeness (QED) is 0.873. The molecule has 1 aliphatic heterocycles. The molecule has 1 N–H and O–H groups in total. The monoisotopic (exact) mass is 277 g/mol. The molecule has 5 nitrogen and oxygen atoms in total. The summed E-state index contributed by atoms with van der Waals surface area (Å²) in [6.07, 6.45) is 0. The fraction of sp³-hybridized carbons (Fsp3) is 0.533. The van der Waals surface area contributed by atoms with E-state index in [9.17, 15) is 4.79 Å². The Morgan fingerprint density at radius 3 is 2.70 bits per heavy atom. The van der Waals surface area contributed by atoms with Gasteiger partial charge in [-0.1, -0.05) is 12.1 Å². The van der Waals surface area contributed by atoms with Crippen LogP contribution in [0.1, 0.15) is 5.56 Å². The first-order chi connectivity index (χ1) is 9.61. The number of rotatable bonds is 4. The summed E-state index contributed by atoms with van der Waals surface area (Å²) in [5.41, 5.74) is 1.20. The van der Waals surface area contributed by atoms with Gasteiger partial charge in [0.15, 0.2) is 0 Å². The average molecular weight is 277 g/mol. The van der Waals surface area contributed by atoms with Crippen LogP contribution in [0.5, 0.6) is 5.75 Å². The SMILES string of the molecule is COc1ccc(CN2CCNCC2C(=O)N(C)C)cc1. The second-order valence-electron chi connectivity index (χ2n) is 5.27. The predicted octanol–water partition coefficient (Wildman–Crippen LogP) is 0.557. The second kappa shape index (κ2) is 6.72. The van der Waals surface area contributed by atoms with Crippen molar-refractivity contribution in [3.05, 3.63) is 29.8 Å². The number of hydrogen-bond acceptors (Lipinski definition) is 4. The van der Waals surface area contributed by atoms with Gasteiger partial charge in [-0.2, -0.15) is 0 Å². The van der Waals surface area contributed by atoms with Crippen LogP contribution in [0.3, 0.4) is 0 Å². The second-order valence-corrected chi connectivity index (χ2v) is 5.27. The summed E-state index contributed by atoms with van der Waals surface area (Å²) in [5, 5.41) is 3.30. The van der Waals surface area contributed by atoms with Crippen molar-refractivity contribution in [1.82, 2.24) is 15.1 Å². The maximum Gasteiger partial charge on any atom is 0.240 e. The maximum absolute atomic E-state index is 12.2. The molecule has 0 bridgehead atoms. The Balaban J connectivity index is 2.06. The summed E-state index contributed by atoms with van der Waals surface area (Å²) < 4.78 is 5.17. The highest BCUT2D eigenvalue weighted by molar-refractivity contribution is 5.81. The van der Waals surface area contributed by atoms with Crippen LogP contribution in [-0.2, 0) is 11.3 Å². The lowest BCUT2D eigenvalue weighted by Gasteiger charge is -2.36. The molecule has 20 heavy (non-hydrogen) atoms. The summed E-state index contributed by atoms with van der Waals surface area (Å²) in [5.74, 6) is 1.01. The lowest BCUT2D eigenvalue weighted by atomic mass is 10.1. The largest absolute Gasteiger partial charge is 0.497 e. The van der Waals surface area contributed by atoms with Crippen LogP contribution < -0.4 is 10.1 Å². The molecule has 0 aliphatic carbocycles. The minimum atomic E-state index is -0.0825. The minimum Gasteiger partial charge on any atom is -0.497 e. The number of carbonyl (C=O) groups excluding carboxylic acids is 1. The van der Waals surface area contributed by atoms with E-state index in [2.05, 4.69) is 22.3 Å². The van der Waals surface area contributed by atoms with E-state index in [-0.39, 0.29) is 11.9 Å². The van der Waals surface area contributed by atoms with Crippen molar-refractivity contribution in [1.29, 1.82) is 0 Å². The zero-order valence-corrected chi connectivity index (χ0v) is 12.4. The van der Waals surface area contributed by atoms with Crippen molar-refractivity contribution in [2.75, 3.05) is 40.8 Å². The minimum absolute atomic E-state index is 0.0825. The molecule has 1 aromatic rings. The summed E-state index contributed by atoms with van der Waals surface area (Å²) in [6.45, 7) is 3.31. The van der Waals surface area contributed by atoms with Gasteiger partial charge in [-0.05, 0) is 17.7 Å². The molecule has 1 saturated heterocycles. The van der Waals surface area contributed by atoms with Gasteiger partial charge in [-0.25, -0.2) is 0 Å². The number of benzene rings is 1. The summed E-state index contributed by atoms with van der Waals surface area (Å²) >= 11 is 0. The van der Waals surface area contributed by atoms with E-state index in [1.165, 1.54) is 5.56 Å². The van der Waals surface area contributed by atoms with E-state index in [4.69, 9.17) is 4.74 Å². The van der Waals surface area contributed by atoms with Crippen LogP contribution in [0.25, 0.3) is 0 Å². The molecule has 1 amide bonds. The van der Waals surface area contributed by atoms with Crippen LogP contribution in [0.4, 0.5) is 0 Å². The first-order valence-electron chi connectivity index (χ1n) is 6.90. The van der Waals surface area contributed by atoms with Crippen LogP contribution in [0.2, 0.25) is 0 Å². The number of amides is 1. The Kier molecular flexibility index (Phi) is 4.98. The van der Waals surface area contributed by atoms with Gasteiger partial charge in [0.2, 0.25) is 5.91 Å². The molecule has 1 fully saturated rings. The molecule has 1 unspecified atom stereocenters. The van der Waals surface area contributed by atoms with Crippen molar-refractivity contribution < 1.29 is 9.53 Å². The lowest BCUT2D eigenvalue weighted by Crippen LogP contribution is -2.57. The van der Waals surface area contributed by atoms with Gasteiger partial charge in [-0.3, -0.25) is 9.69 Å². The van der Waals surface area contributed by atoms with E-state index in [0.717, 1.165) is 25.4 Å².